The second kappa shape index (κ2) is 7.88. The van der Waals surface area contributed by atoms with Crippen LogP contribution in [0.3, 0.4) is 0 Å². The van der Waals surface area contributed by atoms with Crippen LogP contribution in [-0.2, 0) is 4.79 Å². The Morgan fingerprint density at radius 1 is 1.07 bits per heavy atom. The molecule has 28 heavy (non-hydrogen) atoms. The molecule has 3 aromatic rings. The van der Waals surface area contributed by atoms with Gasteiger partial charge >= 0.3 is 0 Å². The largest absolute Gasteiger partial charge is 0.497 e. The number of carbonyl (C=O) groups excluding carboxylic acids is 1. The van der Waals surface area contributed by atoms with Crippen molar-refractivity contribution < 1.29 is 9.53 Å². The monoisotopic (exact) mass is 369 g/mol. The first kappa shape index (κ1) is 17.7. The molecule has 138 valence electrons. The number of nitrogens with zero attached hydrogens (tertiary/aromatic N) is 2. The van der Waals surface area contributed by atoms with Gasteiger partial charge in [-0.15, -0.1) is 0 Å². The number of benzene rings is 3. The van der Waals surface area contributed by atoms with Gasteiger partial charge in [0.25, 0.3) is 5.91 Å². The van der Waals surface area contributed by atoms with E-state index in [4.69, 9.17) is 4.74 Å². The number of fused-ring (bicyclic) bond motifs is 1. The second-order valence-corrected chi connectivity index (χ2v) is 6.41. The van der Waals surface area contributed by atoms with Crippen LogP contribution in [0.4, 0.5) is 0 Å². The van der Waals surface area contributed by atoms with E-state index in [0.29, 0.717) is 12.1 Å². The average molecular weight is 369 g/mol. The fourth-order valence-electron chi connectivity index (χ4n) is 3.05. The highest BCUT2D eigenvalue weighted by molar-refractivity contribution is 6.16. The van der Waals surface area contributed by atoms with Crippen LogP contribution in [-0.4, -0.2) is 31.5 Å². The number of carbonyl (C=O) groups is 1. The van der Waals surface area contributed by atoms with E-state index in [1.165, 1.54) is 5.39 Å². The maximum Gasteiger partial charge on any atom is 0.269 e. The van der Waals surface area contributed by atoms with Crippen molar-refractivity contribution in [2.24, 2.45) is 10.1 Å². The van der Waals surface area contributed by atoms with Crippen LogP contribution in [0.1, 0.15) is 11.1 Å². The highest BCUT2D eigenvalue weighted by Crippen LogP contribution is 2.19. The molecular weight excluding hydrogens is 350 g/mol. The quantitative estimate of drug-likeness (QED) is 0.550. The molecule has 5 heteroatoms. The highest BCUT2D eigenvalue weighted by atomic mass is 16.5. The summed E-state index contributed by atoms with van der Waals surface area (Å²) in [7, 11) is 1.61. The molecule has 0 radical (unpaired) electrons. The topological polar surface area (TPSA) is 63.0 Å². The zero-order chi connectivity index (χ0) is 19.3. The molecule has 1 N–H and O–H groups in total. The van der Waals surface area contributed by atoms with Crippen molar-refractivity contribution in [2.75, 3.05) is 13.7 Å². The first-order valence-electron chi connectivity index (χ1n) is 8.94. The van der Waals surface area contributed by atoms with Gasteiger partial charge in [0.15, 0.2) is 0 Å². The Labute approximate surface area is 163 Å². The van der Waals surface area contributed by atoms with E-state index >= 15 is 0 Å². The number of methoxy groups -OCH3 is 1. The number of hydrazone groups is 1. The van der Waals surface area contributed by atoms with Crippen molar-refractivity contribution in [3.8, 4) is 5.75 Å². The predicted octanol–water partition coefficient (Wildman–Crippen LogP) is 3.73. The Morgan fingerprint density at radius 3 is 2.79 bits per heavy atom. The van der Waals surface area contributed by atoms with Gasteiger partial charge in [-0.1, -0.05) is 48.5 Å². The van der Waals surface area contributed by atoms with Crippen molar-refractivity contribution in [3.05, 3.63) is 89.5 Å². The van der Waals surface area contributed by atoms with Crippen LogP contribution in [0.15, 0.2) is 88.5 Å². The summed E-state index contributed by atoms with van der Waals surface area (Å²) in [4.78, 5) is 16.9. The number of rotatable bonds is 5. The summed E-state index contributed by atoms with van der Waals surface area (Å²) in [6.07, 6.45) is 3.40. The third-order valence-corrected chi connectivity index (χ3v) is 4.54. The van der Waals surface area contributed by atoms with Gasteiger partial charge in [-0.05, 0) is 40.6 Å². The third-order valence-electron chi connectivity index (χ3n) is 4.54. The average Bonchev–Trinajstić information content (AvgIpc) is 3.24. The minimum Gasteiger partial charge on any atom is -0.497 e. The van der Waals surface area contributed by atoms with E-state index in [1.807, 2.05) is 48.5 Å². The highest BCUT2D eigenvalue weighted by Gasteiger charge is 2.16. The van der Waals surface area contributed by atoms with Gasteiger partial charge in [0.05, 0.1) is 25.6 Å². The number of amides is 1. The number of hydrogen-bond donors (Lipinski definition) is 1. The van der Waals surface area contributed by atoms with Crippen molar-refractivity contribution in [1.29, 1.82) is 0 Å². The number of ether oxygens (including phenoxy) is 1. The molecule has 0 saturated heterocycles. The molecule has 1 aliphatic rings. The zero-order valence-electron chi connectivity index (χ0n) is 15.4. The summed E-state index contributed by atoms with van der Waals surface area (Å²) in [6, 6.07) is 21.8. The van der Waals surface area contributed by atoms with E-state index < -0.39 is 0 Å². The summed E-state index contributed by atoms with van der Waals surface area (Å²) >= 11 is 0. The Balaban J connectivity index is 1.43. The lowest BCUT2D eigenvalue weighted by Crippen LogP contribution is -2.20. The molecule has 0 saturated carbocycles. The molecule has 1 aliphatic heterocycles. The Kier molecular flexibility index (Phi) is 4.97. The smallest absolute Gasteiger partial charge is 0.269 e. The van der Waals surface area contributed by atoms with Crippen molar-refractivity contribution in [1.82, 2.24) is 5.43 Å². The summed E-state index contributed by atoms with van der Waals surface area (Å²) in [5.41, 5.74) is 5.80. The first-order chi connectivity index (χ1) is 13.7. The van der Waals surface area contributed by atoms with Crippen molar-refractivity contribution >= 4 is 28.6 Å². The Hall–Kier alpha value is -3.73. The fourth-order valence-corrected chi connectivity index (χ4v) is 3.05. The molecule has 4 rings (SSSR count). The molecule has 0 fully saturated rings. The lowest BCUT2D eigenvalue weighted by Gasteiger charge is -2.02. The van der Waals surface area contributed by atoms with Crippen molar-refractivity contribution in [3.63, 3.8) is 0 Å². The van der Waals surface area contributed by atoms with E-state index in [-0.39, 0.29) is 5.91 Å². The first-order valence-corrected chi connectivity index (χ1v) is 8.94. The molecule has 0 atom stereocenters. The standard InChI is InChI=1S/C23H19N3O2/c1-28-21-8-4-5-16(11-21)14-25-26-23(27)20-13-22(24-15-20)19-10-9-17-6-2-3-7-18(17)12-19/h2-14H,15H2,1H3,(H,26,27)/b25-14+. The van der Waals surface area contributed by atoms with Crippen LogP contribution in [0.2, 0.25) is 0 Å². The minimum absolute atomic E-state index is 0.251. The van der Waals surface area contributed by atoms with Gasteiger partial charge in [0, 0.05) is 11.1 Å². The van der Waals surface area contributed by atoms with Crippen LogP contribution in [0, 0.1) is 0 Å². The second-order valence-electron chi connectivity index (χ2n) is 6.41. The molecule has 0 aliphatic carbocycles. The molecule has 0 spiro atoms. The van der Waals surface area contributed by atoms with Gasteiger partial charge in [-0.25, -0.2) is 5.43 Å². The maximum absolute atomic E-state index is 12.4. The van der Waals surface area contributed by atoms with E-state index in [0.717, 1.165) is 28.0 Å². The van der Waals surface area contributed by atoms with Crippen LogP contribution in [0.25, 0.3) is 10.8 Å². The van der Waals surface area contributed by atoms with Gasteiger partial charge in [-0.2, -0.15) is 5.10 Å². The lowest BCUT2D eigenvalue weighted by molar-refractivity contribution is -0.117. The van der Waals surface area contributed by atoms with Crippen LogP contribution in [0.5, 0.6) is 5.75 Å². The summed E-state index contributed by atoms with van der Waals surface area (Å²) in [5, 5.41) is 6.36. The zero-order valence-corrected chi connectivity index (χ0v) is 15.4. The summed E-state index contributed by atoms with van der Waals surface area (Å²) in [5.74, 6) is 0.487. The van der Waals surface area contributed by atoms with Crippen LogP contribution >= 0.6 is 0 Å². The van der Waals surface area contributed by atoms with E-state index in [9.17, 15) is 4.79 Å². The van der Waals surface area contributed by atoms with Crippen molar-refractivity contribution in [2.45, 2.75) is 0 Å². The van der Waals surface area contributed by atoms with Gasteiger partial charge in [0.2, 0.25) is 0 Å². The molecule has 1 amide bonds. The third kappa shape index (κ3) is 3.83. The number of nitrogens with one attached hydrogen (secondary N) is 1. The molecule has 0 bridgehead atoms. The lowest BCUT2D eigenvalue weighted by atomic mass is 10.0. The maximum atomic E-state index is 12.4. The summed E-state index contributed by atoms with van der Waals surface area (Å²) < 4.78 is 5.17. The van der Waals surface area contributed by atoms with E-state index in [2.05, 4.69) is 39.8 Å². The Morgan fingerprint density at radius 2 is 1.93 bits per heavy atom. The molecule has 5 nitrogen and oxygen atoms in total. The predicted molar refractivity (Wildman–Crippen MR) is 112 cm³/mol. The summed E-state index contributed by atoms with van der Waals surface area (Å²) in [6.45, 7) is 0.350. The molecule has 0 unspecified atom stereocenters. The minimum atomic E-state index is -0.251. The van der Waals surface area contributed by atoms with Gasteiger partial charge in [-0.3, -0.25) is 9.79 Å². The number of aliphatic imine (C=N–C) groups is 1. The molecular formula is C23H19N3O2. The SMILES string of the molecule is COc1cccc(/C=N/NC(=O)C2=CC(c3ccc4ccccc4c3)=NC2)c1. The molecule has 3 aromatic carbocycles. The molecule has 1 heterocycles. The normalized spacial score (nSPS) is 13.5. The van der Waals surface area contributed by atoms with Gasteiger partial charge < -0.3 is 4.74 Å². The van der Waals surface area contributed by atoms with E-state index in [1.54, 1.807) is 13.3 Å². The number of hydrogen-bond acceptors (Lipinski definition) is 4. The number of allylic oxidation sites excluding steroid dienone is 1. The Bertz CT molecular complexity index is 1130. The molecule has 0 aromatic heterocycles. The fraction of sp³-hybridized carbons (Fsp3) is 0.0870. The van der Waals surface area contributed by atoms with Gasteiger partial charge in [0.1, 0.15) is 5.75 Å². The van der Waals surface area contributed by atoms with Crippen LogP contribution < -0.4 is 10.2 Å².